The van der Waals surface area contributed by atoms with Crippen LogP contribution in [0.5, 0.6) is 0 Å². The Hall–Kier alpha value is -3.78. The second-order valence-electron chi connectivity index (χ2n) is 10.3. The molecule has 1 aromatic carbocycles. The Balaban J connectivity index is 1.45. The van der Waals surface area contributed by atoms with Crippen molar-refractivity contribution < 1.29 is 18.3 Å². The zero-order valence-corrected chi connectivity index (χ0v) is 21.4. The largest absolute Gasteiger partial charge is 0.444 e. The smallest absolute Gasteiger partial charge is 0.410 e. The molecular formula is C26H24F2N6O2S. The van der Waals surface area contributed by atoms with E-state index < -0.39 is 23.3 Å². The van der Waals surface area contributed by atoms with Crippen LogP contribution in [0.2, 0.25) is 0 Å². The lowest BCUT2D eigenvalue weighted by atomic mass is 10.1. The third kappa shape index (κ3) is 4.15. The summed E-state index contributed by atoms with van der Waals surface area (Å²) in [5.74, 6) is 4.63. The average molecular weight is 523 g/mol. The van der Waals surface area contributed by atoms with Crippen LogP contribution in [-0.2, 0) is 17.8 Å². The van der Waals surface area contributed by atoms with E-state index in [-0.39, 0.29) is 23.4 Å². The number of rotatable bonds is 1. The lowest BCUT2D eigenvalue weighted by molar-refractivity contribution is 0.0200. The van der Waals surface area contributed by atoms with Gasteiger partial charge in [0.15, 0.2) is 5.82 Å². The van der Waals surface area contributed by atoms with Crippen LogP contribution in [0, 0.1) is 23.5 Å². The predicted molar refractivity (Wildman–Crippen MR) is 136 cm³/mol. The summed E-state index contributed by atoms with van der Waals surface area (Å²) in [6, 6.07) is 1.29. The fourth-order valence-electron chi connectivity index (χ4n) is 4.50. The molecule has 1 aliphatic carbocycles. The van der Waals surface area contributed by atoms with E-state index in [2.05, 4.69) is 26.8 Å². The van der Waals surface area contributed by atoms with E-state index >= 15 is 8.78 Å². The van der Waals surface area contributed by atoms with Crippen LogP contribution in [-0.4, -0.2) is 42.7 Å². The number of benzene rings is 1. The van der Waals surface area contributed by atoms with Gasteiger partial charge < -0.3 is 19.9 Å². The Morgan fingerprint density at radius 2 is 1.95 bits per heavy atom. The summed E-state index contributed by atoms with van der Waals surface area (Å²) in [5, 5.41) is 1.32. The molecule has 2 N–H and O–H groups in total. The maximum Gasteiger partial charge on any atom is 0.410 e. The van der Waals surface area contributed by atoms with Gasteiger partial charge in [-0.25, -0.2) is 28.5 Å². The number of ether oxygens (including phenoxy) is 1. The summed E-state index contributed by atoms with van der Waals surface area (Å²) in [7, 11) is 0. The van der Waals surface area contributed by atoms with E-state index in [1.807, 2.05) is 4.57 Å². The number of nitrogens with two attached hydrogens (primary N) is 1. The first-order valence-electron chi connectivity index (χ1n) is 12.0. The maximum absolute atomic E-state index is 15.4. The number of hydrogen-bond donors (Lipinski definition) is 1. The van der Waals surface area contributed by atoms with Gasteiger partial charge in [0.05, 0.1) is 38.5 Å². The molecule has 0 bridgehead atoms. The van der Waals surface area contributed by atoms with Crippen LogP contribution < -0.4 is 5.73 Å². The highest BCUT2D eigenvalue weighted by atomic mass is 32.1. The van der Waals surface area contributed by atoms with Gasteiger partial charge in [-0.1, -0.05) is 11.8 Å². The summed E-state index contributed by atoms with van der Waals surface area (Å²) in [6.07, 6.45) is 2.94. The van der Waals surface area contributed by atoms with Crippen molar-refractivity contribution in [3.63, 3.8) is 0 Å². The number of anilines is 1. The zero-order chi connectivity index (χ0) is 26.1. The number of thiazole rings is 1. The second kappa shape index (κ2) is 8.38. The van der Waals surface area contributed by atoms with Crippen molar-refractivity contribution in [2.45, 2.75) is 58.2 Å². The van der Waals surface area contributed by atoms with Gasteiger partial charge in [0.25, 0.3) is 0 Å². The van der Waals surface area contributed by atoms with E-state index in [1.54, 1.807) is 25.7 Å². The van der Waals surface area contributed by atoms with Gasteiger partial charge in [-0.05, 0) is 39.7 Å². The summed E-state index contributed by atoms with van der Waals surface area (Å²) < 4.78 is 38.3. The van der Waals surface area contributed by atoms with Crippen molar-refractivity contribution in [3.8, 4) is 11.8 Å². The molecular weight excluding hydrogens is 498 g/mol. The third-order valence-electron chi connectivity index (χ3n) is 6.40. The lowest BCUT2D eigenvalue weighted by Gasteiger charge is -2.31. The number of hydrogen-bond acceptors (Lipinski definition) is 7. The Kier molecular flexibility index (Phi) is 5.35. The molecule has 0 radical (unpaired) electrons. The molecule has 4 aromatic rings. The first-order valence-corrected chi connectivity index (χ1v) is 12.8. The van der Waals surface area contributed by atoms with Crippen molar-refractivity contribution in [2.24, 2.45) is 0 Å². The van der Waals surface area contributed by atoms with Crippen LogP contribution >= 0.6 is 11.3 Å². The number of carbonyl (C=O) groups excluding carboxylic acids is 1. The highest BCUT2D eigenvalue weighted by molar-refractivity contribution is 7.18. The molecule has 1 aliphatic heterocycles. The minimum atomic E-state index is -0.775. The molecule has 1 fully saturated rings. The first-order chi connectivity index (χ1) is 17.6. The quantitative estimate of drug-likeness (QED) is 0.356. The molecule has 11 heteroatoms. The monoisotopic (exact) mass is 522 g/mol. The van der Waals surface area contributed by atoms with Crippen molar-refractivity contribution >= 4 is 44.5 Å². The molecule has 37 heavy (non-hydrogen) atoms. The molecule has 1 amide bonds. The fourth-order valence-corrected chi connectivity index (χ4v) is 5.66. The Bertz CT molecular complexity index is 1660. The standard InChI is InChI=1S/C26H24F2N6O2S/c1-26(2,3)36-25(35)33-8-9-34-17(11-33)15(19-22(29)30-12-31-23(19)34)7-6-14-16(27)10-18-21(20(14)28)32-24(37-18)13-4-5-13/h10,12-13H,4-5,8-9,11H2,1-3H3,(H2,29,30,31). The second-order valence-corrected chi connectivity index (χ2v) is 11.4. The van der Waals surface area contributed by atoms with Gasteiger partial charge in [0, 0.05) is 19.0 Å². The molecule has 3 aromatic heterocycles. The van der Waals surface area contributed by atoms with Crippen LogP contribution in [0.15, 0.2) is 12.4 Å². The number of halogens is 2. The van der Waals surface area contributed by atoms with Gasteiger partial charge >= 0.3 is 6.09 Å². The van der Waals surface area contributed by atoms with Crippen LogP contribution in [0.4, 0.5) is 19.4 Å². The molecule has 0 spiro atoms. The SMILES string of the molecule is CC(C)(C)OC(=O)N1CCn2c(c(C#Cc3c(F)cc4sc(C5CC5)nc4c3F)c3c(N)ncnc32)C1. The molecule has 0 saturated heterocycles. The number of fused-ring (bicyclic) bond motifs is 4. The number of nitrogens with zero attached hydrogens (tertiary/aromatic N) is 5. The number of nitrogen functional groups attached to an aromatic ring is 1. The fraction of sp³-hybridized carbons (Fsp3) is 0.385. The Morgan fingerprint density at radius 1 is 1.19 bits per heavy atom. The van der Waals surface area contributed by atoms with Crippen LogP contribution in [0.25, 0.3) is 21.3 Å². The Morgan fingerprint density at radius 3 is 2.68 bits per heavy atom. The van der Waals surface area contributed by atoms with Crippen molar-refractivity contribution in [2.75, 3.05) is 12.3 Å². The van der Waals surface area contributed by atoms with Gasteiger partial charge in [-0.2, -0.15) is 0 Å². The van der Waals surface area contributed by atoms with Crippen LogP contribution in [0.3, 0.4) is 0 Å². The first kappa shape index (κ1) is 23.6. The topological polar surface area (TPSA) is 99.2 Å². The highest BCUT2D eigenvalue weighted by Crippen LogP contribution is 2.44. The van der Waals surface area contributed by atoms with Crippen molar-refractivity contribution in [1.82, 2.24) is 24.4 Å². The van der Waals surface area contributed by atoms with Crippen molar-refractivity contribution in [1.29, 1.82) is 0 Å². The number of aromatic nitrogens is 4. The molecule has 0 unspecified atom stereocenters. The lowest BCUT2D eigenvalue weighted by Crippen LogP contribution is -2.41. The molecule has 2 aliphatic rings. The van der Waals surface area contributed by atoms with E-state index in [4.69, 9.17) is 10.5 Å². The molecule has 0 atom stereocenters. The number of amides is 1. The average Bonchev–Trinajstić information content (AvgIpc) is 3.52. The molecule has 8 nitrogen and oxygen atoms in total. The molecule has 6 rings (SSSR count). The highest BCUT2D eigenvalue weighted by Gasteiger charge is 2.31. The van der Waals surface area contributed by atoms with Gasteiger partial charge in [-0.3, -0.25) is 0 Å². The van der Waals surface area contributed by atoms with Crippen molar-refractivity contribution in [3.05, 3.63) is 45.9 Å². The van der Waals surface area contributed by atoms with Crippen LogP contribution in [0.1, 0.15) is 61.4 Å². The van der Waals surface area contributed by atoms with E-state index in [1.165, 1.54) is 23.7 Å². The zero-order valence-electron chi connectivity index (χ0n) is 20.6. The van der Waals surface area contributed by atoms with E-state index in [0.29, 0.717) is 46.0 Å². The number of carbonyl (C=O) groups is 1. The summed E-state index contributed by atoms with van der Waals surface area (Å²) in [4.78, 5) is 27.2. The maximum atomic E-state index is 15.4. The molecule has 4 heterocycles. The Labute approximate surface area is 215 Å². The van der Waals surface area contributed by atoms with Gasteiger partial charge in [-0.15, -0.1) is 11.3 Å². The third-order valence-corrected chi connectivity index (χ3v) is 7.56. The molecule has 190 valence electrons. The summed E-state index contributed by atoms with van der Waals surface area (Å²) in [6.45, 7) is 6.41. The molecule has 1 saturated carbocycles. The van der Waals surface area contributed by atoms with Gasteiger partial charge in [0.2, 0.25) is 0 Å². The van der Waals surface area contributed by atoms with Gasteiger partial charge in [0.1, 0.15) is 34.7 Å². The minimum Gasteiger partial charge on any atom is -0.444 e. The van der Waals surface area contributed by atoms with E-state index in [9.17, 15) is 4.79 Å². The minimum absolute atomic E-state index is 0.139. The normalized spacial score (nSPS) is 15.5. The van der Waals surface area contributed by atoms with E-state index in [0.717, 1.165) is 17.8 Å². The predicted octanol–water partition coefficient (Wildman–Crippen LogP) is 4.93. The summed E-state index contributed by atoms with van der Waals surface area (Å²) >= 11 is 1.32. The summed E-state index contributed by atoms with van der Waals surface area (Å²) in [5.41, 5.74) is 6.96.